The molecule has 0 aromatic heterocycles. The lowest BCUT2D eigenvalue weighted by atomic mass is 9.91. The molecule has 0 aromatic rings. The van der Waals surface area contributed by atoms with Crippen molar-refractivity contribution in [3.8, 4) is 0 Å². The molecule has 0 N–H and O–H groups in total. The van der Waals surface area contributed by atoms with Crippen molar-refractivity contribution in [2.45, 2.75) is 53.2 Å². The Hall–Kier alpha value is -0.180. The third-order valence-corrected chi connectivity index (χ3v) is 3.32. The fraction of sp³-hybridized carbons (Fsp3) is 0.900. The van der Waals surface area contributed by atoms with Crippen LogP contribution in [0.1, 0.15) is 48.5 Å². The van der Waals surface area contributed by atoms with E-state index in [1.807, 2.05) is 27.7 Å². The summed E-state index contributed by atoms with van der Waals surface area (Å²) in [6.07, 6.45) is 0. The van der Waals surface area contributed by atoms with Crippen molar-refractivity contribution in [2.24, 2.45) is 9.81 Å². The zero-order valence-corrected chi connectivity index (χ0v) is 10.6. The molecular formula is C10H21NOS. The van der Waals surface area contributed by atoms with Crippen molar-refractivity contribution in [3.63, 3.8) is 0 Å². The summed E-state index contributed by atoms with van der Waals surface area (Å²) < 4.78 is 15.6. The van der Waals surface area contributed by atoms with E-state index >= 15 is 0 Å². The van der Waals surface area contributed by atoms with E-state index in [1.165, 1.54) is 0 Å². The van der Waals surface area contributed by atoms with Gasteiger partial charge >= 0.3 is 0 Å². The summed E-state index contributed by atoms with van der Waals surface area (Å²) in [5.74, 6) is 0. The second-order valence-corrected chi connectivity index (χ2v) is 7.19. The molecule has 78 valence electrons. The van der Waals surface area contributed by atoms with E-state index in [0.29, 0.717) is 0 Å². The first-order valence-electron chi connectivity index (χ1n) is 4.53. The van der Waals surface area contributed by atoms with Crippen molar-refractivity contribution >= 4 is 16.7 Å². The van der Waals surface area contributed by atoms with Gasteiger partial charge in [0.05, 0.1) is 4.75 Å². The quantitative estimate of drug-likeness (QED) is 0.602. The monoisotopic (exact) mass is 203 g/mol. The molecular weight excluding hydrogens is 182 g/mol. The fourth-order valence-corrected chi connectivity index (χ4v) is 1.19. The highest BCUT2D eigenvalue weighted by Gasteiger charge is 2.22. The molecule has 0 amide bonds. The van der Waals surface area contributed by atoms with Gasteiger partial charge in [0.15, 0.2) is 0 Å². The maximum atomic E-state index is 11.6. The fourth-order valence-electron chi connectivity index (χ4n) is 0.398. The Kier molecular flexibility index (Phi) is 3.85. The average molecular weight is 203 g/mol. The molecule has 0 aliphatic heterocycles. The third-order valence-electron chi connectivity index (χ3n) is 1.83. The van der Waals surface area contributed by atoms with Gasteiger partial charge in [0, 0.05) is 11.1 Å². The summed E-state index contributed by atoms with van der Waals surface area (Å²) in [7, 11) is -1.13. The summed E-state index contributed by atoms with van der Waals surface area (Å²) in [5, 5.41) is 0. The minimum atomic E-state index is -1.13. The Labute approximate surface area is 84.4 Å². The summed E-state index contributed by atoms with van der Waals surface area (Å²) in [4.78, 5) is 0. The van der Waals surface area contributed by atoms with Gasteiger partial charge in [-0.25, -0.2) is 4.21 Å². The van der Waals surface area contributed by atoms with E-state index in [9.17, 15) is 4.21 Å². The summed E-state index contributed by atoms with van der Waals surface area (Å²) in [6, 6.07) is 0. The normalized spacial score (nSPS) is 17.3. The Bertz CT molecular complexity index is 230. The molecule has 0 saturated carbocycles. The predicted octanol–water partition coefficient (Wildman–Crippen LogP) is 2.96. The molecule has 0 aliphatic rings. The maximum absolute atomic E-state index is 11.6. The number of hydrogen-bond donors (Lipinski definition) is 0. The van der Waals surface area contributed by atoms with Crippen molar-refractivity contribution in [3.05, 3.63) is 0 Å². The molecule has 0 spiro atoms. The van der Waals surface area contributed by atoms with Crippen LogP contribution in [0.15, 0.2) is 4.40 Å². The lowest BCUT2D eigenvalue weighted by Gasteiger charge is -2.20. The molecule has 0 rings (SSSR count). The molecule has 1 atom stereocenters. The average Bonchev–Trinajstić information content (AvgIpc) is 1.82. The van der Waals surface area contributed by atoms with Gasteiger partial charge in [-0.15, -0.1) is 0 Å². The van der Waals surface area contributed by atoms with Crippen LogP contribution in [-0.2, 0) is 11.0 Å². The van der Waals surface area contributed by atoms with E-state index < -0.39 is 11.0 Å². The van der Waals surface area contributed by atoms with Crippen molar-refractivity contribution in [1.29, 1.82) is 0 Å². The van der Waals surface area contributed by atoms with E-state index in [4.69, 9.17) is 0 Å². The summed E-state index contributed by atoms with van der Waals surface area (Å²) >= 11 is 0. The summed E-state index contributed by atoms with van der Waals surface area (Å²) in [6.45, 7) is 14.0. The SMILES string of the molecule is C/C(=N\[S@](=O)C(C)(C)C)C(C)(C)C. The third kappa shape index (κ3) is 4.55. The highest BCUT2D eigenvalue weighted by molar-refractivity contribution is 7.85. The minimum Gasteiger partial charge on any atom is -0.234 e. The van der Waals surface area contributed by atoms with Crippen LogP contribution in [0.5, 0.6) is 0 Å². The van der Waals surface area contributed by atoms with Crippen molar-refractivity contribution in [2.75, 3.05) is 0 Å². The van der Waals surface area contributed by atoms with Gasteiger partial charge in [0.2, 0.25) is 0 Å². The highest BCUT2D eigenvalue weighted by Crippen LogP contribution is 2.19. The Morgan fingerprint density at radius 2 is 1.46 bits per heavy atom. The molecule has 0 aliphatic carbocycles. The Morgan fingerprint density at radius 1 is 1.08 bits per heavy atom. The molecule has 2 nitrogen and oxygen atoms in total. The molecule has 0 saturated heterocycles. The lowest BCUT2D eigenvalue weighted by Crippen LogP contribution is -2.24. The largest absolute Gasteiger partial charge is 0.234 e. The van der Waals surface area contributed by atoms with Crippen LogP contribution in [0.4, 0.5) is 0 Å². The van der Waals surface area contributed by atoms with Crippen LogP contribution in [-0.4, -0.2) is 14.7 Å². The summed E-state index contributed by atoms with van der Waals surface area (Å²) in [5.41, 5.74) is 0.960. The first-order valence-corrected chi connectivity index (χ1v) is 5.63. The van der Waals surface area contributed by atoms with Crippen LogP contribution in [0.2, 0.25) is 0 Å². The van der Waals surface area contributed by atoms with Crippen molar-refractivity contribution < 1.29 is 4.21 Å². The molecule has 3 heteroatoms. The highest BCUT2D eigenvalue weighted by atomic mass is 32.2. The standard InChI is InChI=1S/C10H21NOS/c1-8(9(2,3)4)11-13(12)10(5,6)7/h1-7H3/b11-8+/t13-/m1/s1. The molecule has 0 aromatic carbocycles. The second-order valence-electron chi connectivity index (χ2n) is 5.29. The van der Waals surface area contributed by atoms with Crippen LogP contribution in [0.3, 0.4) is 0 Å². The van der Waals surface area contributed by atoms with Gasteiger partial charge in [0.1, 0.15) is 11.0 Å². The number of hydrogen-bond acceptors (Lipinski definition) is 1. The Balaban J connectivity index is 4.70. The number of nitrogens with zero attached hydrogens (tertiary/aromatic N) is 1. The van der Waals surface area contributed by atoms with Gasteiger partial charge in [-0.2, -0.15) is 4.40 Å². The van der Waals surface area contributed by atoms with E-state index in [0.717, 1.165) is 5.71 Å². The van der Waals surface area contributed by atoms with Gasteiger partial charge in [0.25, 0.3) is 0 Å². The zero-order valence-electron chi connectivity index (χ0n) is 9.76. The molecule has 0 unspecified atom stereocenters. The van der Waals surface area contributed by atoms with Crippen molar-refractivity contribution in [1.82, 2.24) is 0 Å². The second kappa shape index (κ2) is 3.91. The van der Waals surface area contributed by atoms with E-state index in [1.54, 1.807) is 0 Å². The topological polar surface area (TPSA) is 29.4 Å². The van der Waals surface area contributed by atoms with Gasteiger partial charge in [-0.3, -0.25) is 0 Å². The zero-order chi connectivity index (χ0) is 10.9. The van der Waals surface area contributed by atoms with Gasteiger partial charge in [-0.05, 0) is 27.7 Å². The molecule has 0 bridgehead atoms. The Morgan fingerprint density at radius 3 is 1.69 bits per heavy atom. The van der Waals surface area contributed by atoms with Crippen LogP contribution >= 0.6 is 0 Å². The molecule has 0 fully saturated rings. The molecule has 13 heavy (non-hydrogen) atoms. The van der Waals surface area contributed by atoms with E-state index in [-0.39, 0.29) is 10.2 Å². The number of rotatable bonds is 1. The smallest absolute Gasteiger partial charge is 0.144 e. The maximum Gasteiger partial charge on any atom is 0.144 e. The molecule has 0 heterocycles. The minimum absolute atomic E-state index is 0.0148. The van der Waals surface area contributed by atoms with Gasteiger partial charge < -0.3 is 0 Å². The first kappa shape index (κ1) is 12.8. The first-order chi connectivity index (χ1) is 5.55. The van der Waals surface area contributed by atoms with E-state index in [2.05, 4.69) is 25.2 Å². The van der Waals surface area contributed by atoms with Crippen LogP contribution in [0.25, 0.3) is 0 Å². The van der Waals surface area contributed by atoms with Gasteiger partial charge in [-0.1, -0.05) is 20.8 Å². The lowest BCUT2D eigenvalue weighted by molar-refractivity contribution is 0.587. The van der Waals surface area contributed by atoms with Crippen LogP contribution < -0.4 is 0 Å². The predicted molar refractivity (Wildman–Crippen MR) is 60.5 cm³/mol. The molecule has 0 radical (unpaired) electrons. The van der Waals surface area contributed by atoms with Crippen LogP contribution in [0, 0.1) is 5.41 Å².